The highest BCUT2D eigenvalue weighted by Crippen LogP contribution is 2.31. The van der Waals surface area contributed by atoms with Crippen molar-refractivity contribution in [3.63, 3.8) is 0 Å². The maximum Gasteiger partial charge on any atom is 0.332 e. The van der Waals surface area contributed by atoms with Gasteiger partial charge < -0.3 is 33.2 Å². The Hall–Kier alpha value is -3.18. The van der Waals surface area contributed by atoms with Crippen molar-refractivity contribution >= 4 is 5.97 Å². The maximum absolute atomic E-state index is 12.6. The average Bonchev–Trinajstić information content (AvgIpc) is 2.92. The lowest BCUT2D eigenvalue weighted by atomic mass is 9.96. The van der Waals surface area contributed by atoms with Crippen LogP contribution < -0.4 is 4.74 Å². The van der Waals surface area contributed by atoms with E-state index in [1.54, 1.807) is 27.9 Å². The van der Waals surface area contributed by atoms with Crippen molar-refractivity contribution in [1.29, 1.82) is 0 Å². The minimum atomic E-state index is -0.958. The van der Waals surface area contributed by atoms with E-state index >= 15 is 0 Å². The van der Waals surface area contributed by atoms with Gasteiger partial charge in [-0.3, -0.25) is 0 Å². The topological polar surface area (TPSA) is 130 Å². The number of ether oxygens (including phenoxy) is 7. The molecule has 0 amide bonds. The SMILES string of the molecule is COc1ccc(COCC2O[C@@H](OC(C)C)C(N=[N+]=[N-])[C@@H](OCC(=O)OC(C)(C)C)[C@H]2OCc2ccccc2)cc1. The molecule has 2 unspecified atom stereocenters. The van der Waals surface area contributed by atoms with E-state index in [0.717, 1.165) is 16.9 Å². The lowest BCUT2D eigenvalue weighted by Gasteiger charge is -2.45. The van der Waals surface area contributed by atoms with Gasteiger partial charge in [-0.05, 0) is 63.4 Å². The number of rotatable bonds is 14. The fourth-order valence-corrected chi connectivity index (χ4v) is 4.30. The standard InChI is InChI=1S/C30H41N3O8/c1-20(2)39-29-26(32-33-31)28(38-19-25(34)41-30(3,4)5)27(37-17-21-10-8-7-9-11-21)24(40-29)18-36-16-22-12-14-23(35-6)15-13-22/h7-15,20,24,26-29H,16-19H2,1-6H3/t24?,26?,27-,28+,29+/m0/s1. The van der Waals surface area contributed by atoms with Crippen molar-refractivity contribution in [2.75, 3.05) is 20.3 Å². The van der Waals surface area contributed by atoms with Crippen molar-refractivity contribution in [3.8, 4) is 5.75 Å². The first-order valence-electron chi connectivity index (χ1n) is 13.6. The van der Waals surface area contributed by atoms with Gasteiger partial charge in [-0.1, -0.05) is 47.6 Å². The van der Waals surface area contributed by atoms with E-state index in [4.69, 9.17) is 33.2 Å². The third kappa shape index (κ3) is 10.6. The minimum absolute atomic E-state index is 0.124. The quantitative estimate of drug-likeness (QED) is 0.128. The van der Waals surface area contributed by atoms with Gasteiger partial charge in [0, 0.05) is 4.91 Å². The summed E-state index contributed by atoms with van der Waals surface area (Å²) >= 11 is 0. The fourth-order valence-electron chi connectivity index (χ4n) is 4.30. The predicted octanol–water partition coefficient (Wildman–Crippen LogP) is 5.35. The van der Waals surface area contributed by atoms with Crippen LogP contribution in [0.2, 0.25) is 0 Å². The van der Waals surface area contributed by atoms with Gasteiger partial charge in [-0.15, -0.1) is 0 Å². The second kappa shape index (κ2) is 15.7. The van der Waals surface area contributed by atoms with Crippen LogP contribution in [0, 0.1) is 0 Å². The molecule has 0 aliphatic carbocycles. The van der Waals surface area contributed by atoms with Crippen LogP contribution in [0.25, 0.3) is 10.4 Å². The molecule has 1 aliphatic heterocycles. The van der Waals surface area contributed by atoms with Crippen molar-refractivity contribution in [3.05, 3.63) is 76.2 Å². The Labute approximate surface area is 241 Å². The molecular formula is C30H41N3O8. The summed E-state index contributed by atoms with van der Waals surface area (Å²) in [5.41, 5.74) is 10.6. The van der Waals surface area contributed by atoms with Gasteiger partial charge in [-0.25, -0.2) is 4.79 Å². The number of esters is 1. The van der Waals surface area contributed by atoms with Crippen LogP contribution in [0.15, 0.2) is 59.7 Å². The molecule has 0 saturated carbocycles. The maximum atomic E-state index is 12.6. The molecule has 2 aromatic rings. The van der Waals surface area contributed by atoms with E-state index < -0.39 is 42.2 Å². The van der Waals surface area contributed by atoms with E-state index in [2.05, 4.69) is 10.0 Å². The van der Waals surface area contributed by atoms with Gasteiger partial charge in [0.2, 0.25) is 0 Å². The highest BCUT2D eigenvalue weighted by Gasteiger charge is 2.48. The van der Waals surface area contributed by atoms with Crippen molar-refractivity contribution < 1.29 is 38.0 Å². The van der Waals surface area contributed by atoms with Crippen LogP contribution >= 0.6 is 0 Å². The molecular weight excluding hydrogens is 530 g/mol. The van der Waals surface area contributed by atoms with E-state index in [-0.39, 0.29) is 25.9 Å². The molecule has 0 bridgehead atoms. The summed E-state index contributed by atoms with van der Waals surface area (Å²) in [6, 6.07) is 16.2. The van der Waals surface area contributed by atoms with Gasteiger partial charge in [0.05, 0.1) is 33.0 Å². The first-order valence-corrected chi connectivity index (χ1v) is 13.6. The van der Waals surface area contributed by atoms with E-state index in [0.29, 0.717) is 6.61 Å². The Morgan fingerprint density at radius 2 is 1.68 bits per heavy atom. The molecule has 0 spiro atoms. The highest BCUT2D eigenvalue weighted by atomic mass is 16.7. The molecule has 1 heterocycles. The first kappa shape index (κ1) is 32.3. The molecule has 1 fully saturated rings. The van der Waals surface area contributed by atoms with Gasteiger partial charge in [-0.2, -0.15) is 0 Å². The molecule has 0 radical (unpaired) electrons. The summed E-state index contributed by atoms with van der Waals surface area (Å²) in [5.74, 6) is 0.195. The second-order valence-corrected chi connectivity index (χ2v) is 10.9. The normalized spacial score (nSPS) is 22.7. The largest absolute Gasteiger partial charge is 0.497 e. The van der Waals surface area contributed by atoms with Crippen LogP contribution in [0.1, 0.15) is 45.7 Å². The summed E-state index contributed by atoms with van der Waals surface area (Å²) in [4.78, 5) is 15.6. The van der Waals surface area contributed by atoms with Gasteiger partial charge in [0.15, 0.2) is 6.29 Å². The molecule has 0 aromatic heterocycles. The van der Waals surface area contributed by atoms with Crippen molar-refractivity contribution in [1.82, 2.24) is 0 Å². The molecule has 5 atom stereocenters. The second-order valence-electron chi connectivity index (χ2n) is 10.9. The van der Waals surface area contributed by atoms with Gasteiger partial charge in [0.25, 0.3) is 0 Å². The molecule has 11 heteroatoms. The summed E-state index contributed by atoms with van der Waals surface area (Å²) in [6.07, 6.45) is -3.54. The summed E-state index contributed by atoms with van der Waals surface area (Å²) in [7, 11) is 1.61. The Morgan fingerprint density at radius 3 is 2.29 bits per heavy atom. The Bertz CT molecular complexity index is 1120. The molecule has 2 aromatic carbocycles. The molecule has 1 aliphatic rings. The zero-order chi connectivity index (χ0) is 29.8. The lowest BCUT2D eigenvalue weighted by molar-refractivity contribution is -0.292. The van der Waals surface area contributed by atoms with E-state index in [1.807, 2.05) is 68.4 Å². The van der Waals surface area contributed by atoms with Gasteiger partial charge >= 0.3 is 5.97 Å². The molecule has 224 valence electrons. The van der Waals surface area contributed by atoms with Crippen LogP contribution in [0.5, 0.6) is 5.75 Å². The monoisotopic (exact) mass is 571 g/mol. The van der Waals surface area contributed by atoms with Crippen LogP contribution in [-0.2, 0) is 46.4 Å². The minimum Gasteiger partial charge on any atom is -0.497 e. The summed E-state index contributed by atoms with van der Waals surface area (Å²) in [6.45, 7) is 9.31. The van der Waals surface area contributed by atoms with Crippen LogP contribution in [0.3, 0.4) is 0 Å². The average molecular weight is 572 g/mol. The highest BCUT2D eigenvalue weighted by molar-refractivity contribution is 5.71. The Kier molecular flexibility index (Phi) is 12.4. The molecule has 41 heavy (non-hydrogen) atoms. The number of carbonyl (C=O) groups is 1. The molecule has 1 saturated heterocycles. The predicted molar refractivity (Wildman–Crippen MR) is 151 cm³/mol. The fraction of sp³-hybridized carbons (Fsp3) is 0.567. The number of carbonyl (C=O) groups excluding carboxylic acids is 1. The molecule has 11 nitrogen and oxygen atoms in total. The number of azide groups is 1. The molecule has 0 N–H and O–H groups in total. The summed E-state index contributed by atoms with van der Waals surface area (Å²) in [5, 5.41) is 3.96. The Morgan fingerprint density at radius 1 is 1.00 bits per heavy atom. The van der Waals surface area contributed by atoms with Crippen LogP contribution in [-0.4, -0.2) is 68.6 Å². The zero-order valence-electron chi connectivity index (χ0n) is 24.6. The third-order valence-corrected chi connectivity index (χ3v) is 6.01. The third-order valence-electron chi connectivity index (χ3n) is 6.01. The zero-order valence-corrected chi connectivity index (χ0v) is 24.6. The smallest absolute Gasteiger partial charge is 0.332 e. The number of hydrogen-bond acceptors (Lipinski definition) is 9. The number of benzene rings is 2. The van der Waals surface area contributed by atoms with Crippen molar-refractivity contribution in [2.24, 2.45) is 5.11 Å². The van der Waals surface area contributed by atoms with E-state index in [1.165, 1.54) is 0 Å². The van der Waals surface area contributed by atoms with Crippen molar-refractivity contribution in [2.45, 2.75) is 90.2 Å². The van der Waals surface area contributed by atoms with Crippen LogP contribution in [0.4, 0.5) is 0 Å². The Balaban J connectivity index is 1.85. The van der Waals surface area contributed by atoms with E-state index in [9.17, 15) is 10.3 Å². The lowest BCUT2D eigenvalue weighted by Crippen LogP contribution is -2.61. The number of methoxy groups -OCH3 is 1. The number of hydrogen-bond donors (Lipinski definition) is 0. The first-order chi connectivity index (χ1) is 19.6. The number of nitrogens with zero attached hydrogens (tertiary/aromatic N) is 3. The molecule has 3 rings (SSSR count). The summed E-state index contributed by atoms with van der Waals surface area (Å²) < 4.78 is 41.5. The van der Waals surface area contributed by atoms with Gasteiger partial charge in [0.1, 0.15) is 42.3 Å².